The Morgan fingerprint density at radius 2 is 1.94 bits per heavy atom. The van der Waals surface area contributed by atoms with E-state index in [9.17, 15) is 4.79 Å². The second-order valence-corrected chi connectivity index (χ2v) is 10.1. The number of rotatable bonds is 6. The maximum Gasteiger partial charge on any atom is 0.363 e. The number of ether oxygens (including phenoxy) is 3. The molecule has 0 unspecified atom stereocenters. The molecule has 0 fully saturated rings. The zero-order chi connectivity index (χ0) is 23.5. The van der Waals surface area contributed by atoms with E-state index in [4.69, 9.17) is 25.8 Å². The number of aliphatic imine (C=N–C) groups is 1. The first kappa shape index (κ1) is 24.0. The lowest BCUT2D eigenvalue weighted by Crippen LogP contribution is -2.06. The van der Waals surface area contributed by atoms with Crippen LogP contribution < -0.4 is 9.47 Å². The standard InChI is InChI=1S/C25H18ClI2NO4/c1-14-4-3-5-15(8-14)13-32-23-20(28)9-16(11-22(23)31-2)10-21-25(30)33-24(29-21)18-12-17(27)6-7-19(18)26/h3-12H,13H2,1-2H3/b21-10-. The third-order valence-corrected chi connectivity index (χ3v) is 6.60. The second-order valence-electron chi connectivity index (χ2n) is 7.27. The van der Waals surface area contributed by atoms with Gasteiger partial charge in [-0.1, -0.05) is 41.4 Å². The van der Waals surface area contributed by atoms with Gasteiger partial charge in [-0.3, -0.25) is 0 Å². The summed E-state index contributed by atoms with van der Waals surface area (Å²) in [6.45, 7) is 2.47. The van der Waals surface area contributed by atoms with Gasteiger partial charge in [-0.25, -0.2) is 9.79 Å². The molecule has 8 heteroatoms. The van der Waals surface area contributed by atoms with Crippen molar-refractivity contribution in [3.05, 3.63) is 94.7 Å². The summed E-state index contributed by atoms with van der Waals surface area (Å²) >= 11 is 10.6. The Labute approximate surface area is 224 Å². The highest BCUT2D eigenvalue weighted by molar-refractivity contribution is 14.1. The first-order valence-electron chi connectivity index (χ1n) is 9.88. The van der Waals surface area contributed by atoms with Gasteiger partial charge in [0.1, 0.15) is 6.61 Å². The van der Waals surface area contributed by atoms with Crippen LogP contribution in [0.1, 0.15) is 22.3 Å². The van der Waals surface area contributed by atoms with E-state index < -0.39 is 5.97 Å². The van der Waals surface area contributed by atoms with Crippen LogP contribution in [0.25, 0.3) is 6.08 Å². The van der Waals surface area contributed by atoms with Crippen LogP contribution >= 0.6 is 56.8 Å². The number of cyclic esters (lactones) is 1. The number of benzene rings is 3. The fourth-order valence-electron chi connectivity index (χ4n) is 3.26. The lowest BCUT2D eigenvalue weighted by molar-refractivity contribution is -0.129. The van der Waals surface area contributed by atoms with Crippen molar-refractivity contribution in [1.29, 1.82) is 0 Å². The Balaban J connectivity index is 1.61. The predicted molar refractivity (Wildman–Crippen MR) is 146 cm³/mol. The number of methoxy groups -OCH3 is 1. The largest absolute Gasteiger partial charge is 0.493 e. The molecule has 0 bridgehead atoms. The number of esters is 1. The normalized spacial score (nSPS) is 14.3. The van der Waals surface area contributed by atoms with Crippen LogP contribution in [0.15, 0.2) is 65.3 Å². The molecule has 3 aromatic rings. The SMILES string of the molecule is COc1cc(/C=C2\N=C(c3cc(I)ccc3Cl)OC2=O)cc(I)c1OCc1cccc(C)c1. The molecule has 1 aliphatic rings. The molecular formula is C25H18ClI2NO4. The zero-order valence-electron chi connectivity index (χ0n) is 17.7. The molecule has 0 aromatic heterocycles. The smallest absolute Gasteiger partial charge is 0.363 e. The van der Waals surface area contributed by atoms with Gasteiger partial charge < -0.3 is 14.2 Å². The van der Waals surface area contributed by atoms with Crippen molar-refractivity contribution >= 4 is 74.7 Å². The highest BCUT2D eigenvalue weighted by atomic mass is 127. The quantitative estimate of drug-likeness (QED) is 0.163. The van der Waals surface area contributed by atoms with E-state index in [0.717, 1.165) is 18.3 Å². The van der Waals surface area contributed by atoms with Crippen molar-refractivity contribution in [2.45, 2.75) is 13.5 Å². The zero-order valence-corrected chi connectivity index (χ0v) is 22.8. The van der Waals surface area contributed by atoms with Gasteiger partial charge in [0.2, 0.25) is 5.90 Å². The van der Waals surface area contributed by atoms with Crippen LogP contribution in [0.2, 0.25) is 5.02 Å². The Morgan fingerprint density at radius 1 is 1.12 bits per heavy atom. The lowest BCUT2D eigenvalue weighted by Gasteiger charge is -2.14. The summed E-state index contributed by atoms with van der Waals surface area (Å²) in [7, 11) is 1.58. The van der Waals surface area contributed by atoms with Crippen LogP contribution in [0.5, 0.6) is 11.5 Å². The summed E-state index contributed by atoms with van der Waals surface area (Å²) in [5.74, 6) is 0.867. The van der Waals surface area contributed by atoms with Crippen molar-refractivity contribution in [3.63, 3.8) is 0 Å². The van der Waals surface area contributed by atoms with Gasteiger partial charge in [0.05, 0.1) is 21.3 Å². The average Bonchev–Trinajstić information content (AvgIpc) is 3.14. The monoisotopic (exact) mass is 685 g/mol. The summed E-state index contributed by atoms with van der Waals surface area (Å²) in [5, 5.41) is 0.467. The van der Waals surface area contributed by atoms with Gasteiger partial charge in [0, 0.05) is 3.57 Å². The highest BCUT2D eigenvalue weighted by Crippen LogP contribution is 2.36. The first-order chi connectivity index (χ1) is 15.8. The van der Waals surface area contributed by atoms with E-state index in [2.05, 4.69) is 56.2 Å². The molecule has 33 heavy (non-hydrogen) atoms. The minimum Gasteiger partial charge on any atom is -0.493 e. The highest BCUT2D eigenvalue weighted by Gasteiger charge is 2.26. The fourth-order valence-corrected chi connectivity index (χ4v) is 4.73. The third kappa shape index (κ3) is 5.70. The van der Waals surface area contributed by atoms with E-state index in [1.54, 1.807) is 25.3 Å². The van der Waals surface area contributed by atoms with Crippen LogP contribution in [0.4, 0.5) is 0 Å². The van der Waals surface area contributed by atoms with Crippen molar-refractivity contribution in [3.8, 4) is 11.5 Å². The molecule has 0 radical (unpaired) electrons. The van der Waals surface area contributed by atoms with Crippen LogP contribution in [0.3, 0.4) is 0 Å². The molecule has 0 spiro atoms. The van der Waals surface area contributed by atoms with Crippen molar-refractivity contribution in [2.75, 3.05) is 7.11 Å². The molecule has 3 aromatic carbocycles. The predicted octanol–water partition coefficient (Wildman–Crippen LogP) is 6.79. The Bertz CT molecular complexity index is 1300. The number of carbonyl (C=O) groups is 1. The first-order valence-corrected chi connectivity index (χ1v) is 12.4. The molecule has 168 valence electrons. The molecule has 5 nitrogen and oxygen atoms in total. The van der Waals surface area contributed by atoms with Crippen LogP contribution in [-0.4, -0.2) is 19.0 Å². The summed E-state index contributed by atoms with van der Waals surface area (Å²) in [6, 6.07) is 17.3. The Hall–Kier alpha value is -2.11. The molecule has 0 atom stereocenters. The van der Waals surface area contributed by atoms with Crippen molar-refractivity contribution in [2.24, 2.45) is 4.99 Å². The molecule has 0 saturated carbocycles. The van der Waals surface area contributed by atoms with Gasteiger partial charge in [0.25, 0.3) is 0 Å². The number of hydrogen-bond donors (Lipinski definition) is 0. The molecule has 1 heterocycles. The summed E-state index contributed by atoms with van der Waals surface area (Å²) in [6.07, 6.45) is 1.66. The Morgan fingerprint density at radius 3 is 2.70 bits per heavy atom. The molecule has 0 saturated heterocycles. The van der Waals surface area contributed by atoms with Crippen LogP contribution in [0, 0.1) is 14.1 Å². The molecular weight excluding hydrogens is 668 g/mol. The van der Waals surface area contributed by atoms with E-state index in [-0.39, 0.29) is 11.6 Å². The molecule has 4 rings (SSSR count). The van der Waals surface area contributed by atoms with Crippen molar-refractivity contribution < 1.29 is 19.0 Å². The van der Waals surface area contributed by atoms with Gasteiger partial charge in [-0.2, -0.15) is 0 Å². The van der Waals surface area contributed by atoms with Crippen LogP contribution in [-0.2, 0) is 16.1 Å². The summed E-state index contributed by atoms with van der Waals surface area (Å²) in [4.78, 5) is 16.8. The second kappa shape index (κ2) is 10.4. The maximum absolute atomic E-state index is 12.4. The van der Waals surface area contributed by atoms with E-state index in [1.807, 2.05) is 43.3 Å². The number of hydrogen-bond acceptors (Lipinski definition) is 5. The lowest BCUT2D eigenvalue weighted by atomic mass is 10.1. The number of carbonyl (C=O) groups excluding carboxylic acids is 1. The maximum atomic E-state index is 12.4. The van der Waals surface area contributed by atoms with Gasteiger partial charge in [-0.15, -0.1) is 0 Å². The number of halogens is 3. The minimum absolute atomic E-state index is 0.186. The Kier molecular flexibility index (Phi) is 7.60. The third-order valence-electron chi connectivity index (χ3n) is 4.80. The molecule has 0 N–H and O–H groups in total. The van der Waals surface area contributed by atoms with Crippen molar-refractivity contribution in [1.82, 2.24) is 0 Å². The van der Waals surface area contributed by atoms with E-state index in [1.165, 1.54) is 5.56 Å². The van der Waals surface area contributed by atoms with E-state index >= 15 is 0 Å². The summed E-state index contributed by atoms with van der Waals surface area (Å²) < 4.78 is 18.8. The fraction of sp³-hybridized carbons (Fsp3) is 0.120. The molecule has 1 aliphatic heterocycles. The average molecular weight is 686 g/mol. The van der Waals surface area contributed by atoms with Gasteiger partial charge >= 0.3 is 5.97 Å². The minimum atomic E-state index is -0.534. The van der Waals surface area contributed by atoms with Gasteiger partial charge in [0.15, 0.2) is 17.2 Å². The van der Waals surface area contributed by atoms with Gasteiger partial charge in [-0.05, 0) is 99.6 Å². The van der Waals surface area contributed by atoms with E-state index in [0.29, 0.717) is 28.7 Å². The number of nitrogens with zero attached hydrogens (tertiary/aromatic N) is 1. The molecule has 0 aliphatic carbocycles. The summed E-state index contributed by atoms with van der Waals surface area (Å²) in [5.41, 5.74) is 3.75. The molecule has 0 amide bonds. The topological polar surface area (TPSA) is 57.1 Å². The number of aryl methyl sites for hydroxylation is 1.